The Hall–Kier alpha value is -2.72. The summed E-state index contributed by atoms with van der Waals surface area (Å²) in [7, 11) is 0. The maximum Gasteiger partial charge on any atom is 0.177 e. The molecule has 0 aliphatic rings. The number of para-hydroxylation sites is 2. The number of imidazole rings is 1. The van der Waals surface area contributed by atoms with Gasteiger partial charge in [0.15, 0.2) is 11.6 Å². The number of nitrogens with zero attached hydrogens (tertiary/aromatic N) is 2. The van der Waals surface area contributed by atoms with Gasteiger partial charge in [-0.25, -0.2) is 4.98 Å². The zero-order valence-corrected chi connectivity index (χ0v) is 14.5. The second-order valence-corrected chi connectivity index (χ2v) is 6.22. The molecule has 126 valence electrons. The molecule has 2 aromatic heterocycles. The highest BCUT2D eigenvalue weighted by atomic mass is 35.5. The minimum absolute atomic E-state index is 0.523. The molecule has 25 heavy (non-hydrogen) atoms. The molecule has 0 unspecified atom stereocenters. The Bertz CT molecular complexity index is 1010. The number of ether oxygens (including phenoxy) is 1. The molecule has 4 rings (SSSR count). The second kappa shape index (κ2) is 6.65. The van der Waals surface area contributed by atoms with Crippen molar-refractivity contribution in [2.24, 2.45) is 0 Å². The predicted octanol–water partition coefficient (Wildman–Crippen LogP) is 5.34. The number of furan rings is 1. The fourth-order valence-corrected chi connectivity index (χ4v) is 2.98. The zero-order valence-electron chi connectivity index (χ0n) is 13.8. The first-order valence-corrected chi connectivity index (χ1v) is 8.48. The van der Waals surface area contributed by atoms with Gasteiger partial charge in [0.05, 0.1) is 23.8 Å². The van der Waals surface area contributed by atoms with Crippen molar-refractivity contribution in [3.8, 4) is 17.3 Å². The molecule has 0 atom stereocenters. The molecule has 2 heterocycles. The molecule has 4 nitrogen and oxygen atoms in total. The first-order chi connectivity index (χ1) is 12.2. The first-order valence-electron chi connectivity index (χ1n) is 8.10. The van der Waals surface area contributed by atoms with Crippen molar-refractivity contribution in [3.05, 3.63) is 71.4 Å². The Morgan fingerprint density at radius 3 is 2.80 bits per heavy atom. The van der Waals surface area contributed by atoms with Gasteiger partial charge in [0.2, 0.25) is 0 Å². The zero-order chi connectivity index (χ0) is 17.2. The molecule has 0 bridgehead atoms. The van der Waals surface area contributed by atoms with E-state index in [2.05, 4.69) is 10.6 Å². The van der Waals surface area contributed by atoms with Crippen molar-refractivity contribution < 1.29 is 9.15 Å². The molecule has 0 aliphatic heterocycles. The van der Waals surface area contributed by atoms with Crippen LogP contribution in [0.25, 0.3) is 22.6 Å². The Balaban J connectivity index is 1.60. The fraction of sp³-hybridized carbons (Fsp3) is 0.150. The van der Waals surface area contributed by atoms with E-state index in [9.17, 15) is 0 Å². The van der Waals surface area contributed by atoms with E-state index < -0.39 is 0 Å². The molecular formula is C20H17ClN2O2. The van der Waals surface area contributed by atoms with E-state index in [0.717, 1.165) is 39.0 Å². The molecule has 4 aromatic rings. The van der Waals surface area contributed by atoms with Gasteiger partial charge < -0.3 is 13.7 Å². The maximum absolute atomic E-state index is 6.06. The number of aryl methyl sites for hydroxylation is 1. The average Bonchev–Trinajstić information content (AvgIpc) is 3.26. The van der Waals surface area contributed by atoms with Crippen LogP contribution in [0.2, 0.25) is 5.02 Å². The lowest BCUT2D eigenvalue weighted by Crippen LogP contribution is -2.09. The lowest BCUT2D eigenvalue weighted by Gasteiger charge is -2.11. The molecule has 0 radical (unpaired) electrons. The van der Waals surface area contributed by atoms with Crippen molar-refractivity contribution in [3.63, 3.8) is 0 Å². The van der Waals surface area contributed by atoms with E-state index >= 15 is 0 Å². The largest absolute Gasteiger partial charge is 0.492 e. The quantitative estimate of drug-likeness (QED) is 0.487. The number of rotatable bonds is 5. The summed E-state index contributed by atoms with van der Waals surface area (Å²) in [6.07, 6.45) is 1.66. The van der Waals surface area contributed by atoms with Crippen LogP contribution < -0.4 is 4.74 Å². The van der Waals surface area contributed by atoms with Crippen molar-refractivity contribution >= 4 is 22.6 Å². The molecule has 0 N–H and O–H groups in total. The van der Waals surface area contributed by atoms with Crippen LogP contribution in [0.5, 0.6) is 5.75 Å². The summed E-state index contributed by atoms with van der Waals surface area (Å²) in [5.41, 5.74) is 3.00. The molecule has 0 saturated carbocycles. The minimum Gasteiger partial charge on any atom is -0.492 e. The average molecular weight is 353 g/mol. The van der Waals surface area contributed by atoms with Crippen LogP contribution in [-0.4, -0.2) is 16.2 Å². The van der Waals surface area contributed by atoms with Crippen LogP contribution in [0, 0.1) is 6.92 Å². The second-order valence-electron chi connectivity index (χ2n) is 5.81. The predicted molar refractivity (Wildman–Crippen MR) is 99.1 cm³/mol. The summed E-state index contributed by atoms with van der Waals surface area (Å²) in [5, 5.41) is 0.744. The molecule has 0 spiro atoms. The van der Waals surface area contributed by atoms with E-state index in [-0.39, 0.29) is 0 Å². The SMILES string of the molecule is Cc1cc(OCCn2c(-c3ccco3)nc3ccccc32)ccc1Cl. The number of halogens is 1. The minimum atomic E-state index is 0.523. The standard InChI is InChI=1S/C20H17ClN2O2/c1-14-13-15(8-9-16(14)21)24-12-10-23-18-6-3-2-5-17(18)22-20(23)19-7-4-11-25-19/h2-9,11,13H,10,12H2,1H3. The Morgan fingerprint density at radius 1 is 1.12 bits per heavy atom. The van der Waals surface area contributed by atoms with E-state index in [1.165, 1.54) is 0 Å². The molecule has 0 amide bonds. The monoisotopic (exact) mass is 352 g/mol. The van der Waals surface area contributed by atoms with Gasteiger partial charge in [0.25, 0.3) is 0 Å². The highest BCUT2D eigenvalue weighted by Crippen LogP contribution is 2.25. The number of hydrogen-bond donors (Lipinski definition) is 0. The topological polar surface area (TPSA) is 40.2 Å². The van der Waals surface area contributed by atoms with Crippen LogP contribution in [0.15, 0.2) is 65.3 Å². The lowest BCUT2D eigenvalue weighted by atomic mass is 10.2. The van der Waals surface area contributed by atoms with Crippen LogP contribution in [0.1, 0.15) is 5.56 Å². The summed E-state index contributed by atoms with van der Waals surface area (Å²) in [6.45, 7) is 3.15. The van der Waals surface area contributed by atoms with Gasteiger partial charge in [-0.1, -0.05) is 23.7 Å². The smallest absolute Gasteiger partial charge is 0.177 e. The third kappa shape index (κ3) is 3.13. The van der Waals surface area contributed by atoms with Crippen molar-refractivity contribution in [1.29, 1.82) is 0 Å². The van der Waals surface area contributed by atoms with Gasteiger partial charge in [-0.05, 0) is 55.0 Å². The van der Waals surface area contributed by atoms with Crippen molar-refractivity contribution in [2.75, 3.05) is 6.61 Å². The van der Waals surface area contributed by atoms with Crippen molar-refractivity contribution in [2.45, 2.75) is 13.5 Å². The summed E-state index contributed by atoms with van der Waals surface area (Å²) in [4.78, 5) is 4.70. The van der Waals surface area contributed by atoms with Gasteiger partial charge >= 0.3 is 0 Å². The number of aromatic nitrogens is 2. The number of benzene rings is 2. The Labute approximate surface area is 150 Å². The third-order valence-corrected chi connectivity index (χ3v) is 4.53. The van der Waals surface area contributed by atoms with Crippen LogP contribution in [0.4, 0.5) is 0 Å². The van der Waals surface area contributed by atoms with Crippen molar-refractivity contribution in [1.82, 2.24) is 9.55 Å². The summed E-state index contributed by atoms with van der Waals surface area (Å²) in [5.74, 6) is 2.37. The number of hydrogen-bond acceptors (Lipinski definition) is 3. The van der Waals surface area contributed by atoms with Crippen LogP contribution in [-0.2, 0) is 6.54 Å². The molecule has 5 heteroatoms. The Kier molecular flexibility index (Phi) is 4.20. The third-order valence-electron chi connectivity index (χ3n) is 4.11. The fourth-order valence-electron chi connectivity index (χ4n) is 2.86. The van der Waals surface area contributed by atoms with E-state index in [1.54, 1.807) is 6.26 Å². The normalized spacial score (nSPS) is 11.1. The van der Waals surface area contributed by atoms with Gasteiger partial charge in [0.1, 0.15) is 12.4 Å². The van der Waals surface area contributed by atoms with Gasteiger partial charge in [0, 0.05) is 5.02 Å². The molecule has 0 saturated heterocycles. The van der Waals surface area contributed by atoms with Gasteiger partial charge in [-0.2, -0.15) is 0 Å². The van der Waals surface area contributed by atoms with E-state index in [0.29, 0.717) is 13.2 Å². The molecular weight excluding hydrogens is 336 g/mol. The molecule has 0 fully saturated rings. The van der Waals surface area contributed by atoms with Gasteiger partial charge in [-0.3, -0.25) is 0 Å². The van der Waals surface area contributed by atoms with E-state index in [4.69, 9.17) is 25.7 Å². The number of fused-ring (bicyclic) bond motifs is 1. The maximum atomic E-state index is 6.06. The Morgan fingerprint density at radius 2 is 2.00 bits per heavy atom. The summed E-state index contributed by atoms with van der Waals surface area (Å²) < 4.78 is 13.6. The summed E-state index contributed by atoms with van der Waals surface area (Å²) in [6, 6.07) is 17.5. The first kappa shape index (κ1) is 15.8. The molecule has 2 aromatic carbocycles. The van der Waals surface area contributed by atoms with Crippen LogP contribution >= 0.6 is 11.6 Å². The summed E-state index contributed by atoms with van der Waals surface area (Å²) >= 11 is 6.06. The van der Waals surface area contributed by atoms with E-state index in [1.807, 2.05) is 55.5 Å². The van der Waals surface area contributed by atoms with Crippen LogP contribution in [0.3, 0.4) is 0 Å². The highest BCUT2D eigenvalue weighted by molar-refractivity contribution is 6.31. The van der Waals surface area contributed by atoms with Gasteiger partial charge in [-0.15, -0.1) is 0 Å². The molecule has 0 aliphatic carbocycles. The lowest BCUT2D eigenvalue weighted by molar-refractivity contribution is 0.300. The highest BCUT2D eigenvalue weighted by Gasteiger charge is 2.14.